The van der Waals surface area contributed by atoms with Crippen LogP contribution in [0.1, 0.15) is 38.3 Å². The number of pyridine rings is 1. The van der Waals surface area contributed by atoms with E-state index in [1.165, 1.54) is 29.3 Å². The monoisotopic (exact) mass is 296 g/mol. The lowest BCUT2D eigenvalue weighted by molar-refractivity contribution is 0.378. The van der Waals surface area contributed by atoms with Crippen molar-refractivity contribution in [1.82, 2.24) is 19.9 Å². The Morgan fingerprint density at radius 3 is 2.82 bits per heavy atom. The SMILES string of the molecule is CC.Cc1ccc2ncc3ncn(C4CCCNC4)c3c2c1. The van der Waals surface area contributed by atoms with Gasteiger partial charge in [-0.3, -0.25) is 4.98 Å². The molecule has 1 aliphatic rings. The predicted molar refractivity (Wildman–Crippen MR) is 92.3 cm³/mol. The fourth-order valence-electron chi connectivity index (χ4n) is 3.18. The van der Waals surface area contributed by atoms with Crippen LogP contribution in [0.4, 0.5) is 0 Å². The number of imidazole rings is 1. The van der Waals surface area contributed by atoms with Crippen LogP contribution in [0.2, 0.25) is 0 Å². The summed E-state index contributed by atoms with van der Waals surface area (Å²) in [5, 5.41) is 4.70. The summed E-state index contributed by atoms with van der Waals surface area (Å²) < 4.78 is 2.34. The Kier molecular flexibility index (Phi) is 4.39. The smallest absolute Gasteiger partial charge is 0.107 e. The van der Waals surface area contributed by atoms with Gasteiger partial charge in [0.2, 0.25) is 0 Å². The summed E-state index contributed by atoms with van der Waals surface area (Å²) in [5.74, 6) is 0. The van der Waals surface area contributed by atoms with Gasteiger partial charge in [-0.2, -0.15) is 0 Å². The average molecular weight is 296 g/mol. The highest BCUT2D eigenvalue weighted by molar-refractivity contribution is 6.02. The molecule has 0 aliphatic carbocycles. The van der Waals surface area contributed by atoms with E-state index in [2.05, 4.69) is 45.0 Å². The van der Waals surface area contributed by atoms with Gasteiger partial charge in [0.15, 0.2) is 0 Å². The molecule has 4 rings (SSSR count). The molecule has 1 unspecified atom stereocenters. The summed E-state index contributed by atoms with van der Waals surface area (Å²) in [6, 6.07) is 6.93. The van der Waals surface area contributed by atoms with E-state index in [0.717, 1.165) is 24.1 Å². The first-order valence-corrected chi connectivity index (χ1v) is 8.25. The van der Waals surface area contributed by atoms with Crippen LogP contribution >= 0.6 is 0 Å². The van der Waals surface area contributed by atoms with E-state index < -0.39 is 0 Å². The van der Waals surface area contributed by atoms with Crippen LogP contribution in [-0.4, -0.2) is 27.6 Å². The molecule has 3 heterocycles. The molecular weight excluding hydrogens is 272 g/mol. The second kappa shape index (κ2) is 6.44. The largest absolute Gasteiger partial charge is 0.326 e. The van der Waals surface area contributed by atoms with E-state index >= 15 is 0 Å². The molecule has 0 spiro atoms. The predicted octanol–water partition coefficient (Wildman–Crippen LogP) is 3.84. The Bertz CT molecular complexity index is 769. The molecule has 1 fully saturated rings. The highest BCUT2D eigenvalue weighted by Crippen LogP contribution is 2.28. The van der Waals surface area contributed by atoms with Gasteiger partial charge in [0.25, 0.3) is 0 Å². The lowest BCUT2D eigenvalue weighted by Gasteiger charge is -2.24. The van der Waals surface area contributed by atoms with E-state index in [1.54, 1.807) is 0 Å². The molecule has 1 aliphatic heterocycles. The van der Waals surface area contributed by atoms with E-state index in [-0.39, 0.29) is 0 Å². The number of nitrogens with zero attached hydrogens (tertiary/aromatic N) is 3. The lowest BCUT2D eigenvalue weighted by atomic mass is 10.1. The van der Waals surface area contributed by atoms with Crippen molar-refractivity contribution in [2.45, 2.75) is 39.7 Å². The Labute approximate surface area is 131 Å². The number of nitrogens with one attached hydrogen (secondary N) is 1. The van der Waals surface area contributed by atoms with Crippen LogP contribution in [0.5, 0.6) is 0 Å². The summed E-state index contributed by atoms with van der Waals surface area (Å²) in [5.41, 5.74) is 4.54. The first kappa shape index (κ1) is 15.0. The van der Waals surface area contributed by atoms with Crippen LogP contribution in [0.25, 0.3) is 21.9 Å². The van der Waals surface area contributed by atoms with Crippen molar-refractivity contribution in [3.8, 4) is 0 Å². The number of benzene rings is 1. The number of aryl methyl sites for hydroxylation is 1. The maximum atomic E-state index is 4.55. The molecule has 22 heavy (non-hydrogen) atoms. The Morgan fingerprint density at radius 1 is 1.18 bits per heavy atom. The third-order valence-electron chi connectivity index (χ3n) is 4.22. The molecule has 0 amide bonds. The van der Waals surface area contributed by atoms with Crippen molar-refractivity contribution in [3.05, 3.63) is 36.3 Å². The number of aromatic nitrogens is 3. The summed E-state index contributed by atoms with van der Waals surface area (Å²) in [7, 11) is 0. The minimum absolute atomic E-state index is 0.500. The van der Waals surface area contributed by atoms with Gasteiger partial charge < -0.3 is 9.88 Å². The molecule has 1 saturated heterocycles. The molecule has 4 heteroatoms. The minimum Gasteiger partial charge on any atom is -0.326 e. The highest BCUT2D eigenvalue weighted by atomic mass is 15.1. The average Bonchev–Trinajstić information content (AvgIpc) is 3.02. The standard InChI is InChI=1S/C16H18N4.C2H6/c1-11-4-5-14-13(7-11)16-15(9-18-14)19-10-20(16)12-3-2-6-17-8-12;1-2/h4-5,7,9-10,12,17H,2-3,6,8H2,1H3;1-2H3. The maximum Gasteiger partial charge on any atom is 0.107 e. The van der Waals surface area contributed by atoms with E-state index in [4.69, 9.17) is 0 Å². The maximum absolute atomic E-state index is 4.55. The first-order valence-electron chi connectivity index (χ1n) is 8.25. The zero-order valence-corrected chi connectivity index (χ0v) is 13.6. The normalized spacial score (nSPS) is 18.2. The fourth-order valence-corrected chi connectivity index (χ4v) is 3.18. The van der Waals surface area contributed by atoms with E-state index in [0.29, 0.717) is 6.04 Å². The number of hydrogen-bond donors (Lipinski definition) is 1. The summed E-state index contributed by atoms with van der Waals surface area (Å²) in [4.78, 5) is 9.06. The quantitative estimate of drug-likeness (QED) is 0.742. The molecule has 3 aromatic rings. The van der Waals surface area contributed by atoms with Gasteiger partial charge >= 0.3 is 0 Å². The van der Waals surface area contributed by atoms with Crippen LogP contribution in [0.15, 0.2) is 30.7 Å². The van der Waals surface area contributed by atoms with Gasteiger partial charge in [0, 0.05) is 18.0 Å². The number of piperidine rings is 1. The second-order valence-corrected chi connectivity index (χ2v) is 5.66. The van der Waals surface area contributed by atoms with Crippen LogP contribution < -0.4 is 5.32 Å². The number of fused-ring (bicyclic) bond motifs is 3. The Morgan fingerprint density at radius 2 is 2.05 bits per heavy atom. The topological polar surface area (TPSA) is 42.7 Å². The zero-order valence-electron chi connectivity index (χ0n) is 13.6. The van der Waals surface area contributed by atoms with Crippen LogP contribution in [0.3, 0.4) is 0 Å². The number of rotatable bonds is 1. The number of hydrogen-bond acceptors (Lipinski definition) is 3. The van der Waals surface area contributed by atoms with E-state index in [1.807, 2.05) is 26.4 Å². The molecule has 116 valence electrons. The fraction of sp³-hybridized carbons (Fsp3) is 0.444. The molecule has 1 aromatic carbocycles. The van der Waals surface area contributed by atoms with Crippen molar-refractivity contribution in [1.29, 1.82) is 0 Å². The molecular formula is C18H24N4. The molecule has 2 aromatic heterocycles. The van der Waals surface area contributed by atoms with Gasteiger partial charge in [0.1, 0.15) is 5.52 Å². The summed E-state index contributed by atoms with van der Waals surface area (Å²) >= 11 is 0. The van der Waals surface area contributed by atoms with Gasteiger partial charge in [-0.1, -0.05) is 25.5 Å². The van der Waals surface area contributed by atoms with Gasteiger partial charge in [-0.05, 0) is 38.4 Å². The van der Waals surface area contributed by atoms with Crippen LogP contribution in [0, 0.1) is 6.92 Å². The second-order valence-electron chi connectivity index (χ2n) is 5.66. The third-order valence-corrected chi connectivity index (χ3v) is 4.22. The lowest BCUT2D eigenvalue weighted by Crippen LogP contribution is -2.31. The molecule has 4 nitrogen and oxygen atoms in total. The summed E-state index contributed by atoms with van der Waals surface area (Å²) in [6.07, 6.45) is 6.31. The van der Waals surface area contributed by atoms with Gasteiger partial charge in [0.05, 0.1) is 23.6 Å². The Balaban J connectivity index is 0.000000693. The molecule has 0 bridgehead atoms. The zero-order chi connectivity index (χ0) is 15.5. The van der Waals surface area contributed by atoms with Crippen molar-refractivity contribution < 1.29 is 0 Å². The van der Waals surface area contributed by atoms with Crippen molar-refractivity contribution in [2.75, 3.05) is 13.1 Å². The van der Waals surface area contributed by atoms with Crippen molar-refractivity contribution in [3.63, 3.8) is 0 Å². The van der Waals surface area contributed by atoms with Crippen molar-refractivity contribution >= 4 is 21.9 Å². The first-order chi connectivity index (χ1) is 10.8. The van der Waals surface area contributed by atoms with Crippen molar-refractivity contribution in [2.24, 2.45) is 0 Å². The molecule has 1 N–H and O–H groups in total. The Hall–Kier alpha value is -1.94. The molecule has 0 radical (unpaired) electrons. The molecule has 0 saturated carbocycles. The highest BCUT2D eigenvalue weighted by Gasteiger charge is 2.18. The van der Waals surface area contributed by atoms with Gasteiger partial charge in [-0.15, -0.1) is 0 Å². The minimum atomic E-state index is 0.500. The summed E-state index contributed by atoms with van der Waals surface area (Å²) in [6.45, 7) is 8.28. The van der Waals surface area contributed by atoms with E-state index in [9.17, 15) is 0 Å². The van der Waals surface area contributed by atoms with Gasteiger partial charge in [-0.25, -0.2) is 4.98 Å². The van der Waals surface area contributed by atoms with Crippen LogP contribution in [-0.2, 0) is 0 Å². The molecule has 1 atom stereocenters. The third kappa shape index (κ3) is 2.59.